The molecule has 1 heterocycles. The van der Waals surface area contributed by atoms with Crippen LogP contribution >= 0.6 is 0 Å². The largest absolute Gasteiger partial charge is 0.508 e. The van der Waals surface area contributed by atoms with Crippen molar-refractivity contribution < 1.29 is 9.84 Å². The topological polar surface area (TPSA) is 32.7 Å². The van der Waals surface area contributed by atoms with Gasteiger partial charge in [0.25, 0.3) is 0 Å². The van der Waals surface area contributed by atoms with Gasteiger partial charge in [0.15, 0.2) is 0 Å². The molecule has 1 aliphatic rings. The van der Waals surface area contributed by atoms with E-state index in [1.54, 1.807) is 19.2 Å². The number of methoxy groups -OCH3 is 1. The zero-order valence-corrected chi connectivity index (χ0v) is 11.3. The molecule has 0 aliphatic carbocycles. The summed E-state index contributed by atoms with van der Waals surface area (Å²) in [6.45, 7) is 5.36. The number of benzene rings is 1. The van der Waals surface area contributed by atoms with Gasteiger partial charge in [-0.3, -0.25) is 4.90 Å². The lowest BCUT2D eigenvalue weighted by atomic mass is 9.96. The minimum atomic E-state index is 0.335. The zero-order valence-electron chi connectivity index (χ0n) is 11.3. The van der Waals surface area contributed by atoms with E-state index >= 15 is 0 Å². The van der Waals surface area contributed by atoms with E-state index in [0.717, 1.165) is 19.7 Å². The van der Waals surface area contributed by atoms with Crippen molar-refractivity contribution >= 4 is 0 Å². The number of hydrogen-bond donors (Lipinski definition) is 1. The van der Waals surface area contributed by atoms with Crippen molar-refractivity contribution in [2.24, 2.45) is 5.92 Å². The predicted molar refractivity (Wildman–Crippen MR) is 72.7 cm³/mol. The number of phenols is 1. The average Bonchev–Trinajstić information content (AvgIpc) is 2.39. The first-order valence-electron chi connectivity index (χ1n) is 6.72. The Balaban J connectivity index is 1.99. The van der Waals surface area contributed by atoms with Gasteiger partial charge in [-0.25, -0.2) is 0 Å². The van der Waals surface area contributed by atoms with Crippen LogP contribution in [-0.4, -0.2) is 36.8 Å². The maximum atomic E-state index is 9.33. The second-order valence-corrected chi connectivity index (χ2v) is 5.23. The number of likely N-dealkylation sites (tertiary alicyclic amines) is 1. The van der Waals surface area contributed by atoms with Gasteiger partial charge in [0, 0.05) is 19.7 Å². The van der Waals surface area contributed by atoms with Gasteiger partial charge in [0.05, 0.1) is 6.61 Å². The molecule has 100 valence electrons. The van der Waals surface area contributed by atoms with Crippen molar-refractivity contribution in [3.05, 3.63) is 29.8 Å². The van der Waals surface area contributed by atoms with Crippen LogP contribution in [0.1, 0.15) is 31.4 Å². The van der Waals surface area contributed by atoms with Crippen molar-refractivity contribution in [3.63, 3.8) is 0 Å². The highest BCUT2D eigenvalue weighted by Gasteiger charge is 2.24. The summed E-state index contributed by atoms with van der Waals surface area (Å²) in [5.74, 6) is 0.991. The first kappa shape index (κ1) is 13.4. The number of ether oxygens (including phenoxy) is 1. The molecule has 1 saturated heterocycles. The Kier molecular flexibility index (Phi) is 4.61. The number of piperidine rings is 1. The van der Waals surface area contributed by atoms with E-state index in [1.165, 1.54) is 18.4 Å². The van der Waals surface area contributed by atoms with Crippen molar-refractivity contribution in [3.8, 4) is 5.75 Å². The number of aromatic hydroxyl groups is 1. The van der Waals surface area contributed by atoms with Crippen LogP contribution in [0.2, 0.25) is 0 Å². The van der Waals surface area contributed by atoms with Gasteiger partial charge in [-0.15, -0.1) is 0 Å². The van der Waals surface area contributed by atoms with Gasteiger partial charge in [-0.2, -0.15) is 0 Å². The molecular weight excluding hydrogens is 226 g/mol. The Bertz CT molecular complexity index is 361. The molecule has 18 heavy (non-hydrogen) atoms. The minimum absolute atomic E-state index is 0.335. The third-order valence-electron chi connectivity index (χ3n) is 3.88. The van der Waals surface area contributed by atoms with E-state index in [-0.39, 0.29) is 0 Å². The summed E-state index contributed by atoms with van der Waals surface area (Å²) in [6, 6.07) is 7.97. The summed E-state index contributed by atoms with van der Waals surface area (Å²) < 4.78 is 5.27. The number of nitrogens with zero attached hydrogens (tertiary/aromatic N) is 1. The van der Waals surface area contributed by atoms with Gasteiger partial charge in [0.2, 0.25) is 0 Å². The molecule has 2 rings (SSSR count). The van der Waals surface area contributed by atoms with E-state index in [4.69, 9.17) is 4.74 Å². The summed E-state index contributed by atoms with van der Waals surface area (Å²) in [6.07, 6.45) is 2.52. The van der Waals surface area contributed by atoms with Crippen LogP contribution in [0.15, 0.2) is 24.3 Å². The fourth-order valence-corrected chi connectivity index (χ4v) is 2.78. The van der Waals surface area contributed by atoms with E-state index in [0.29, 0.717) is 17.7 Å². The molecule has 1 N–H and O–H groups in total. The molecule has 1 aromatic carbocycles. The van der Waals surface area contributed by atoms with Gasteiger partial charge in [0.1, 0.15) is 5.75 Å². The van der Waals surface area contributed by atoms with Crippen LogP contribution in [0.4, 0.5) is 0 Å². The SMILES string of the molecule is COCC1CCCN(C(C)c2ccc(O)cc2)C1. The normalized spacial score (nSPS) is 22.9. The molecule has 0 radical (unpaired) electrons. The van der Waals surface area contributed by atoms with E-state index in [2.05, 4.69) is 11.8 Å². The Labute approximate surface area is 109 Å². The smallest absolute Gasteiger partial charge is 0.115 e. The monoisotopic (exact) mass is 249 g/mol. The summed E-state index contributed by atoms with van der Waals surface area (Å²) in [5.41, 5.74) is 1.27. The van der Waals surface area contributed by atoms with Gasteiger partial charge < -0.3 is 9.84 Å². The Hall–Kier alpha value is -1.06. The second-order valence-electron chi connectivity index (χ2n) is 5.23. The third kappa shape index (κ3) is 3.24. The number of hydrogen-bond acceptors (Lipinski definition) is 3. The first-order chi connectivity index (χ1) is 8.70. The predicted octanol–water partition coefficient (Wildman–Crippen LogP) is 2.81. The summed E-state index contributed by atoms with van der Waals surface area (Å²) in [4.78, 5) is 2.51. The third-order valence-corrected chi connectivity index (χ3v) is 3.88. The minimum Gasteiger partial charge on any atom is -0.508 e. The molecule has 0 amide bonds. The maximum Gasteiger partial charge on any atom is 0.115 e. The lowest BCUT2D eigenvalue weighted by Crippen LogP contribution is -2.38. The van der Waals surface area contributed by atoms with Crippen molar-refractivity contribution in [1.82, 2.24) is 4.90 Å². The molecule has 2 atom stereocenters. The second kappa shape index (κ2) is 6.21. The summed E-state index contributed by atoms with van der Waals surface area (Å²) in [5, 5.41) is 9.33. The molecule has 0 aromatic heterocycles. The molecule has 1 aromatic rings. The average molecular weight is 249 g/mol. The maximum absolute atomic E-state index is 9.33. The molecule has 0 spiro atoms. The van der Waals surface area contributed by atoms with Crippen molar-refractivity contribution in [1.29, 1.82) is 0 Å². The lowest BCUT2D eigenvalue weighted by Gasteiger charge is -2.36. The first-order valence-corrected chi connectivity index (χ1v) is 6.72. The number of rotatable bonds is 4. The van der Waals surface area contributed by atoms with Gasteiger partial charge >= 0.3 is 0 Å². The molecule has 0 saturated carbocycles. The van der Waals surface area contributed by atoms with Crippen molar-refractivity contribution in [2.45, 2.75) is 25.8 Å². The highest BCUT2D eigenvalue weighted by atomic mass is 16.5. The Morgan fingerprint density at radius 2 is 2.11 bits per heavy atom. The molecule has 2 unspecified atom stereocenters. The summed E-state index contributed by atoms with van der Waals surface area (Å²) in [7, 11) is 1.78. The Morgan fingerprint density at radius 3 is 2.78 bits per heavy atom. The van der Waals surface area contributed by atoms with E-state index in [1.807, 2.05) is 12.1 Å². The van der Waals surface area contributed by atoms with Crippen LogP contribution in [0, 0.1) is 5.92 Å². The molecule has 3 heteroatoms. The molecule has 1 fully saturated rings. The molecule has 0 bridgehead atoms. The standard InChI is InChI=1S/C15H23NO2/c1-12(14-5-7-15(17)8-6-14)16-9-3-4-13(10-16)11-18-2/h5-8,12-13,17H,3-4,9-11H2,1-2H3. The van der Waals surface area contributed by atoms with Gasteiger partial charge in [-0.05, 0) is 49.9 Å². The van der Waals surface area contributed by atoms with Crippen LogP contribution in [0.25, 0.3) is 0 Å². The molecule has 3 nitrogen and oxygen atoms in total. The highest BCUT2D eigenvalue weighted by Crippen LogP contribution is 2.27. The van der Waals surface area contributed by atoms with E-state index in [9.17, 15) is 5.11 Å². The van der Waals surface area contributed by atoms with Crippen molar-refractivity contribution in [2.75, 3.05) is 26.8 Å². The summed E-state index contributed by atoms with van der Waals surface area (Å²) >= 11 is 0. The van der Waals surface area contributed by atoms with E-state index < -0.39 is 0 Å². The van der Waals surface area contributed by atoms with Crippen LogP contribution in [-0.2, 0) is 4.74 Å². The van der Waals surface area contributed by atoms with Crippen LogP contribution < -0.4 is 0 Å². The Morgan fingerprint density at radius 1 is 1.39 bits per heavy atom. The van der Waals surface area contributed by atoms with Crippen LogP contribution in [0.5, 0.6) is 5.75 Å². The van der Waals surface area contributed by atoms with Gasteiger partial charge in [-0.1, -0.05) is 12.1 Å². The quantitative estimate of drug-likeness (QED) is 0.890. The zero-order chi connectivity index (χ0) is 13.0. The molecular formula is C15H23NO2. The molecule has 1 aliphatic heterocycles. The van der Waals surface area contributed by atoms with Crippen LogP contribution in [0.3, 0.4) is 0 Å². The highest BCUT2D eigenvalue weighted by molar-refractivity contribution is 5.27. The fraction of sp³-hybridized carbons (Fsp3) is 0.600. The fourth-order valence-electron chi connectivity index (χ4n) is 2.78. The number of phenolic OH excluding ortho intramolecular Hbond substituents is 1. The lowest BCUT2D eigenvalue weighted by molar-refractivity contribution is 0.0721.